The van der Waals surface area contributed by atoms with Gasteiger partial charge in [0.25, 0.3) is 0 Å². The van der Waals surface area contributed by atoms with E-state index < -0.39 is 18.6 Å². The van der Waals surface area contributed by atoms with Gasteiger partial charge in [-0.3, -0.25) is 15.1 Å². The van der Waals surface area contributed by atoms with Crippen molar-refractivity contribution in [3.05, 3.63) is 111 Å². The second-order valence-electron chi connectivity index (χ2n) is 8.43. The molecule has 1 aromatic heterocycles. The molecule has 0 aliphatic heterocycles. The molecule has 0 bridgehead atoms. The molecule has 0 saturated heterocycles. The molecule has 38 heavy (non-hydrogen) atoms. The fraction of sp³-hybridized carbons (Fsp3) is 0.172. The van der Waals surface area contributed by atoms with Crippen LogP contribution in [0.3, 0.4) is 0 Å². The topological polar surface area (TPSA) is 101 Å². The van der Waals surface area contributed by atoms with Gasteiger partial charge in [0, 0.05) is 46.2 Å². The van der Waals surface area contributed by atoms with Gasteiger partial charge in [0.05, 0.1) is 11.6 Å². The molecule has 0 unspecified atom stereocenters. The first-order valence-corrected chi connectivity index (χ1v) is 13.0. The molecule has 7 nitrogen and oxygen atoms in total. The molecular weight excluding hydrogens is 572 g/mol. The van der Waals surface area contributed by atoms with Gasteiger partial charge in [-0.25, -0.2) is 0 Å². The average molecular weight is 598 g/mol. The Morgan fingerprint density at radius 2 is 1.76 bits per heavy atom. The Labute approximate surface area is 234 Å². The van der Waals surface area contributed by atoms with Gasteiger partial charge >= 0.3 is 5.97 Å². The van der Waals surface area contributed by atoms with E-state index >= 15 is 0 Å². The van der Waals surface area contributed by atoms with Crippen LogP contribution in [0.1, 0.15) is 16.7 Å². The van der Waals surface area contributed by atoms with Crippen molar-refractivity contribution >= 4 is 33.5 Å². The third kappa shape index (κ3) is 7.11. The number of rotatable bonds is 12. The molecule has 0 fully saturated rings. The van der Waals surface area contributed by atoms with Crippen molar-refractivity contribution in [2.45, 2.75) is 25.8 Å². The first-order valence-electron chi connectivity index (χ1n) is 11.8. The van der Waals surface area contributed by atoms with Gasteiger partial charge < -0.3 is 19.7 Å². The normalized spacial score (nSPS) is 11.7. The molecule has 3 N–H and O–H groups in total. The van der Waals surface area contributed by atoms with Crippen molar-refractivity contribution in [3.63, 3.8) is 0 Å². The highest BCUT2D eigenvalue weighted by Gasteiger charge is 2.18. The van der Waals surface area contributed by atoms with Crippen LogP contribution in [0.4, 0.5) is 0 Å². The number of aromatic nitrogens is 1. The quantitative estimate of drug-likeness (QED) is 0.188. The van der Waals surface area contributed by atoms with E-state index in [0.717, 1.165) is 26.7 Å². The van der Waals surface area contributed by atoms with Crippen LogP contribution < -0.4 is 14.8 Å². The minimum absolute atomic E-state index is 0.116. The number of ether oxygens (including phenoxy) is 2. The SMILES string of the molecule is O=C(O)[C@H](CO)NCc1cc(Cl)c(OCc2cccc(-c3ccccc3)c2Br)cc1OCc1cccnc1. The lowest BCUT2D eigenvalue weighted by Crippen LogP contribution is -2.39. The van der Waals surface area contributed by atoms with E-state index in [9.17, 15) is 15.0 Å². The maximum Gasteiger partial charge on any atom is 0.323 e. The van der Waals surface area contributed by atoms with Crippen molar-refractivity contribution in [3.8, 4) is 22.6 Å². The molecule has 3 aromatic carbocycles. The fourth-order valence-corrected chi connectivity index (χ4v) is 4.60. The Hall–Kier alpha value is -3.43. The van der Waals surface area contributed by atoms with Crippen LogP contribution in [0.15, 0.2) is 89.7 Å². The Balaban J connectivity index is 1.56. The predicted octanol–water partition coefficient (Wildman–Crippen LogP) is 5.86. The number of aliphatic hydroxyl groups excluding tert-OH is 1. The lowest BCUT2D eigenvalue weighted by Gasteiger charge is -2.18. The number of hydrogen-bond donors (Lipinski definition) is 3. The van der Waals surface area contributed by atoms with E-state index in [1.807, 2.05) is 60.7 Å². The number of carbonyl (C=O) groups is 1. The number of hydrogen-bond acceptors (Lipinski definition) is 6. The highest BCUT2D eigenvalue weighted by Crippen LogP contribution is 2.36. The number of carboxylic acids is 1. The van der Waals surface area contributed by atoms with E-state index in [1.54, 1.807) is 24.5 Å². The molecule has 0 aliphatic carbocycles. The monoisotopic (exact) mass is 596 g/mol. The number of halogens is 2. The zero-order valence-corrected chi connectivity index (χ0v) is 22.7. The summed E-state index contributed by atoms with van der Waals surface area (Å²) in [7, 11) is 0. The number of nitrogens with one attached hydrogen (secondary N) is 1. The van der Waals surface area contributed by atoms with Gasteiger partial charge in [0.1, 0.15) is 30.8 Å². The Morgan fingerprint density at radius 3 is 2.47 bits per heavy atom. The van der Waals surface area contributed by atoms with Crippen molar-refractivity contribution < 1.29 is 24.5 Å². The number of carboxylic acid groups (broad SMARTS) is 1. The van der Waals surface area contributed by atoms with Crippen LogP contribution in [-0.4, -0.2) is 33.8 Å². The van der Waals surface area contributed by atoms with E-state index in [2.05, 4.69) is 26.2 Å². The maximum atomic E-state index is 11.3. The van der Waals surface area contributed by atoms with Crippen molar-refractivity contribution in [1.29, 1.82) is 0 Å². The molecule has 9 heteroatoms. The highest BCUT2D eigenvalue weighted by molar-refractivity contribution is 9.10. The molecule has 4 rings (SSSR count). The largest absolute Gasteiger partial charge is 0.488 e. The van der Waals surface area contributed by atoms with Crippen molar-refractivity contribution in [2.24, 2.45) is 0 Å². The smallest absolute Gasteiger partial charge is 0.323 e. The summed E-state index contributed by atoms with van der Waals surface area (Å²) < 4.78 is 13.1. The Bertz CT molecular complexity index is 1370. The summed E-state index contributed by atoms with van der Waals surface area (Å²) in [6.45, 7) is 0.0682. The minimum Gasteiger partial charge on any atom is -0.488 e. The molecule has 0 radical (unpaired) electrons. The molecule has 1 heterocycles. The van der Waals surface area contributed by atoms with E-state index in [0.29, 0.717) is 22.1 Å². The number of aliphatic hydroxyl groups is 1. The van der Waals surface area contributed by atoms with Crippen molar-refractivity contribution in [1.82, 2.24) is 10.3 Å². The number of nitrogens with zero attached hydrogens (tertiary/aromatic N) is 1. The van der Waals surface area contributed by atoms with Gasteiger partial charge in [-0.15, -0.1) is 0 Å². The van der Waals surface area contributed by atoms with Gasteiger partial charge in [-0.1, -0.05) is 66.2 Å². The Kier molecular flexibility index (Phi) is 9.73. The van der Waals surface area contributed by atoms with Gasteiger partial charge in [-0.05, 0) is 39.2 Å². The van der Waals surface area contributed by atoms with Gasteiger partial charge in [0.15, 0.2) is 0 Å². The lowest BCUT2D eigenvalue weighted by atomic mass is 10.0. The van der Waals surface area contributed by atoms with E-state index in [1.165, 1.54) is 0 Å². The number of benzene rings is 3. The molecule has 1 atom stereocenters. The molecule has 196 valence electrons. The highest BCUT2D eigenvalue weighted by atomic mass is 79.9. The molecular formula is C29H26BrClN2O5. The lowest BCUT2D eigenvalue weighted by molar-refractivity contribution is -0.140. The summed E-state index contributed by atoms with van der Waals surface area (Å²) in [5, 5.41) is 21.8. The summed E-state index contributed by atoms with van der Waals surface area (Å²) in [6, 6.07) is 22.0. The van der Waals surface area contributed by atoms with Crippen LogP contribution >= 0.6 is 27.5 Å². The first kappa shape index (κ1) is 27.6. The summed E-state index contributed by atoms with van der Waals surface area (Å²) in [5.41, 5.74) is 4.57. The van der Waals surface area contributed by atoms with E-state index in [4.69, 9.17) is 21.1 Å². The van der Waals surface area contributed by atoms with Gasteiger partial charge in [0.2, 0.25) is 0 Å². The molecule has 4 aromatic rings. The standard InChI is InChI=1S/C29H26BrClN2O5/c30-28-21(9-4-10-23(28)20-7-2-1-3-8-20)18-38-27-13-26(37-17-19-6-5-11-32-14-19)22(12-24(27)31)15-33-25(16-34)29(35)36/h1-14,25,33-34H,15-18H2,(H,35,36)/t25-/m0/s1. The average Bonchev–Trinajstić information content (AvgIpc) is 2.93. The summed E-state index contributed by atoms with van der Waals surface area (Å²) in [4.78, 5) is 15.4. The van der Waals surface area contributed by atoms with Crippen molar-refractivity contribution in [2.75, 3.05) is 6.61 Å². The summed E-state index contributed by atoms with van der Waals surface area (Å²) in [6.07, 6.45) is 3.38. The predicted molar refractivity (Wildman–Crippen MR) is 149 cm³/mol. The van der Waals surface area contributed by atoms with Gasteiger partial charge in [-0.2, -0.15) is 0 Å². The van der Waals surface area contributed by atoms with Crippen LogP contribution in [0.25, 0.3) is 11.1 Å². The molecule has 0 spiro atoms. The number of aliphatic carboxylic acids is 1. The zero-order chi connectivity index (χ0) is 26.9. The third-order valence-corrected chi connectivity index (χ3v) is 7.03. The first-order chi connectivity index (χ1) is 18.5. The summed E-state index contributed by atoms with van der Waals surface area (Å²) in [5.74, 6) is -0.259. The zero-order valence-electron chi connectivity index (χ0n) is 20.3. The van der Waals surface area contributed by atoms with E-state index in [-0.39, 0.29) is 19.8 Å². The molecule has 0 saturated carbocycles. The number of pyridine rings is 1. The van der Waals surface area contributed by atoms with Crippen LogP contribution in [0, 0.1) is 0 Å². The molecule has 0 aliphatic rings. The fourth-order valence-electron chi connectivity index (χ4n) is 3.75. The second kappa shape index (κ2) is 13.4. The van der Waals surface area contributed by atoms with Crippen LogP contribution in [0.5, 0.6) is 11.5 Å². The minimum atomic E-state index is -1.15. The third-order valence-electron chi connectivity index (χ3n) is 5.80. The molecule has 0 amide bonds. The summed E-state index contributed by atoms with van der Waals surface area (Å²) >= 11 is 10.3. The Morgan fingerprint density at radius 1 is 0.974 bits per heavy atom. The van der Waals surface area contributed by atoms with Crippen LogP contribution in [-0.2, 0) is 24.6 Å². The van der Waals surface area contributed by atoms with Crippen LogP contribution in [0.2, 0.25) is 5.02 Å². The second-order valence-corrected chi connectivity index (χ2v) is 9.63. The maximum absolute atomic E-state index is 11.3.